The molecule has 0 aliphatic heterocycles. The summed E-state index contributed by atoms with van der Waals surface area (Å²) in [5.74, 6) is -0.376. The summed E-state index contributed by atoms with van der Waals surface area (Å²) in [6, 6.07) is 14.0. The van der Waals surface area contributed by atoms with Gasteiger partial charge in [0.2, 0.25) is 0 Å². The summed E-state index contributed by atoms with van der Waals surface area (Å²) in [6.07, 6.45) is 1.31. The van der Waals surface area contributed by atoms with Crippen molar-refractivity contribution in [2.45, 2.75) is 0 Å². The molecule has 0 saturated carbocycles. The molecule has 0 radical (unpaired) electrons. The van der Waals surface area contributed by atoms with Crippen molar-refractivity contribution in [1.29, 1.82) is 0 Å². The van der Waals surface area contributed by atoms with E-state index in [4.69, 9.17) is 27.6 Å². The molecule has 1 aromatic heterocycles. The molecule has 0 atom stereocenters. The van der Waals surface area contributed by atoms with E-state index in [1.807, 2.05) is 0 Å². The third kappa shape index (κ3) is 4.07. The van der Waals surface area contributed by atoms with Crippen molar-refractivity contribution in [2.24, 2.45) is 5.10 Å². The fourth-order valence-electron chi connectivity index (χ4n) is 2.11. The van der Waals surface area contributed by atoms with E-state index in [2.05, 4.69) is 10.5 Å². The van der Waals surface area contributed by atoms with Crippen molar-refractivity contribution >= 4 is 35.3 Å². The van der Waals surface area contributed by atoms with E-state index < -0.39 is 11.7 Å². The SMILES string of the molecule is O=C(N/N=C/c1ccc(-c2cc(Cl)ccc2Cl)o1)c1ccccc1F. The van der Waals surface area contributed by atoms with Crippen LogP contribution in [-0.4, -0.2) is 12.1 Å². The maximum absolute atomic E-state index is 13.5. The standard InChI is InChI=1S/C18H11Cl2FN2O2/c19-11-5-7-15(20)14(9-11)17-8-6-12(25-17)10-22-23-18(24)13-3-1-2-4-16(13)21/h1-10H,(H,23,24)/b22-10+. The molecule has 2 aromatic carbocycles. The Bertz CT molecular complexity index is 954. The lowest BCUT2D eigenvalue weighted by atomic mass is 10.2. The first kappa shape index (κ1) is 17.2. The minimum absolute atomic E-state index is 0.0921. The Morgan fingerprint density at radius 3 is 2.72 bits per heavy atom. The van der Waals surface area contributed by atoms with Crippen LogP contribution >= 0.6 is 23.2 Å². The van der Waals surface area contributed by atoms with E-state index in [1.165, 1.54) is 24.4 Å². The molecular weight excluding hydrogens is 366 g/mol. The average Bonchev–Trinajstić information content (AvgIpc) is 3.06. The number of amides is 1. The lowest BCUT2D eigenvalue weighted by Gasteiger charge is -2.01. The van der Waals surface area contributed by atoms with Gasteiger partial charge in [0.05, 0.1) is 16.8 Å². The van der Waals surface area contributed by atoms with Crippen LogP contribution in [0, 0.1) is 5.82 Å². The van der Waals surface area contributed by atoms with Crippen molar-refractivity contribution < 1.29 is 13.6 Å². The fourth-order valence-corrected chi connectivity index (χ4v) is 2.50. The van der Waals surface area contributed by atoms with Crippen molar-refractivity contribution in [3.05, 3.63) is 81.8 Å². The zero-order chi connectivity index (χ0) is 17.8. The summed E-state index contributed by atoms with van der Waals surface area (Å²) in [6.45, 7) is 0. The maximum atomic E-state index is 13.5. The highest BCUT2D eigenvalue weighted by Gasteiger charge is 2.10. The second-order valence-corrected chi connectivity index (χ2v) is 5.85. The monoisotopic (exact) mass is 376 g/mol. The highest BCUT2D eigenvalue weighted by Crippen LogP contribution is 2.31. The van der Waals surface area contributed by atoms with Crippen LogP contribution < -0.4 is 5.43 Å². The molecule has 1 heterocycles. The molecule has 1 amide bonds. The van der Waals surface area contributed by atoms with Crippen LogP contribution in [0.15, 0.2) is 64.1 Å². The maximum Gasteiger partial charge on any atom is 0.274 e. The first-order chi connectivity index (χ1) is 12.0. The molecule has 0 fully saturated rings. The lowest BCUT2D eigenvalue weighted by Crippen LogP contribution is -2.18. The number of rotatable bonds is 4. The van der Waals surface area contributed by atoms with Crippen LogP contribution in [0.2, 0.25) is 10.0 Å². The average molecular weight is 377 g/mol. The molecule has 25 heavy (non-hydrogen) atoms. The van der Waals surface area contributed by atoms with Gasteiger partial charge in [0.25, 0.3) is 5.91 Å². The largest absolute Gasteiger partial charge is 0.455 e. The van der Waals surface area contributed by atoms with Gasteiger partial charge in [-0.2, -0.15) is 5.10 Å². The second-order valence-electron chi connectivity index (χ2n) is 5.01. The topological polar surface area (TPSA) is 54.6 Å². The highest BCUT2D eigenvalue weighted by atomic mass is 35.5. The van der Waals surface area contributed by atoms with Gasteiger partial charge < -0.3 is 4.42 Å². The van der Waals surface area contributed by atoms with Crippen molar-refractivity contribution in [1.82, 2.24) is 5.43 Å². The number of furan rings is 1. The van der Waals surface area contributed by atoms with E-state index in [0.717, 1.165) is 0 Å². The highest BCUT2D eigenvalue weighted by molar-refractivity contribution is 6.35. The number of nitrogens with zero attached hydrogens (tertiary/aromatic N) is 1. The van der Waals surface area contributed by atoms with Crippen LogP contribution in [-0.2, 0) is 0 Å². The van der Waals surface area contributed by atoms with Crippen molar-refractivity contribution in [2.75, 3.05) is 0 Å². The predicted molar refractivity (Wildman–Crippen MR) is 95.6 cm³/mol. The van der Waals surface area contributed by atoms with Crippen LogP contribution in [0.4, 0.5) is 4.39 Å². The Hall–Kier alpha value is -2.63. The first-order valence-corrected chi connectivity index (χ1v) is 7.93. The van der Waals surface area contributed by atoms with Gasteiger partial charge >= 0.3 is 0 Å². The molecule has 0 bridgehead atoms. The Balaban J connectivity index is 1.71. The molecule has 4 nitrogen and oxygen atoms in total. The van der Waals surface area contributed by atoms with Crippen LogP contribution in [0.25, 0.3) is 11.3 Å². The lowest BCUT2D eigenvalue weighted by molar-refractivity contribution is 0.0951. The third-order valence-corrected chi connectivity index (χ3v) is 3.86. The summed E-state index contributed by atoms with van der Waals surface area (Å²) in [7, 11) is 0. The van der Waals surface area contributed by atoms with Gasteiger partial charge in [-0.05, 0) is 42.5 Å². The molecule has 0 aliphatic carbocycles. The normalized spacial score (nSPS) is 11.0. The molecule has 1 N–H and O–H groups in total. The summed E-state index contributed by atoms with van der Waals surface area (Å²) < 4.78 is 19.1. The number of carbonyl (C=O) groups excluding carboxylic acids is 1. The quantitative estimate of drug-likeness (QED) is 0.505. The number of hydrazone groups is 1. The summed E-state index contributed by atoms with van der Waals surface area (Å²) >= 11 is 12.1. The van der Waals surface area contributed by atoms with Gasteiger partial charge in [0, 0.05) is 10.6 Å². The van der Waals surface area contributed by atoms with Gasteiger partial charge in [-0.3, -0.25) is 4.79 Å². The first-order valence-electron chi connectivity index (χ1n) is 7.18. The van der Waals surface area contributed by atoms with Gasteiger partial charge in [-0.25, -0.2) is 9.82 Å². The van der Waals surface area contributed by atoms with Crippen LogP contribution in [0.3, 0.4) is 0 Å². The van der Waals surface area contributed by atoms with Crippen molar-refractivity contribution in [3.63, 3.8) is 0 Å². The van der Waals surface area contributed by atoms with E-state index in [0.29, 0.717) is 27.1 Å². The molecular formula is C18H11Cl2FN2O2. The molecule has 0 spiro atoms. The van der Waals surface area contributed by atoms with Crippen molar-refractivity contribution in [3.8, 4) is 11.3 Å². The Morgan fingerprint density at radius 1 is 1.12 bits per heavy atom. The number of halogens is 3. The number of nitrogens with one attached hydrogen (secondary N) is 1. The summed E-state index contributed by atoms with van der Waals surface area (Å²) in [5.41, 5.74) is 2.79. The minimum atomic E-state index is -0.654. The van der Waals surface area contributed by atoms with E-state index in [-0.39, 0.29) is 5.56 Å². The third-order valence-electron chi connectivity index (χ3n) is 3.30. The van der Waals surface area contributed by atoms with Gasteiger partial charge in [-0.1, -0.05) is 35.3 Å². The number of benzene rings is 2. The van der Waals surface area contributed by atoms with E-state index >= 15 is 0 Å². The number of hydrogen-bond donors (Lipinski definition) is 1. The van der Waals surface area contributed by atoms with Crippen LogP contribution in [0.1, 0.15) is 16.1 Å². The Labute approximate surface area is 152 Å². The van der Waals surface area contributed by atoms with Gasteiger partial charge in [0.15, 0.2) is 0 Å². The molecule has 3 rings (SSSR count). The molecule has 126 valence electrons. The molecule has 7 heteroatoms. The smallest absolute Gasteiger partial charge is 0.274 e. The van der Waals surface area contributed by atoms with Crippen LogP contribution in [0.5, 0.6) is 0 Å². The van der Waals surface area contributed by atoms with Gasteiger partial charge in [0.1, 0.15) is 17.3 Å². The van der Waals surface area contributed by atoms with Gasteiger partial charge in [-0.15, -0.1) is 0 Å². The molecule has 0 aliphatic rings. The number of hydrogen-bond acceptors (Lipinski definition) is 3. The van der Waals surface area contributed by atoms with E-state index in [9.17, 15) is 9.18 Å². The predicted octanol–water partition coefficient (Wildman–Crippen LogP) is 5.16. The summed E-state index contributed by atoms with van der Waals surface area (Å²) in [4.78, 5) is 11.8. The Kier molecular flexibility index (Phi) is 5.16. The molecule has 0 saturated heterocycles. The zero-order valence-electron chi connectivity index (χ0n) is 12.7. The molecule has 0 unspecified atom stereocenters. The molecule has 3 aromatic rings. The second kappa shape index (κ2) is 7.51. The van der Waals surface area contributed by atoms with E-state index in [1.54, 1.807) is 36.4 Å². The Morgan fingerprint density at radius 2 is 1.92 bits per heavy atom. The number of carbonyl (C=O) groups is 1. The zero-order valence-corrected chi connectivity index (χ0v) is 14.2. The fraction of sp³-hybridized carbons (Fsp3) is 0. The summed E-state index contributed by atoms with van der Waals surface area (Å²) in [5, 5.41) is 4.79. The minimum Gasteiger partial charge on any atom is -0.455 e.